The van der Waals surface area contributed by atoms with Crippen LogP contribution >= 0.6 is 11.6 Å². The van der Waals surface area contributed by atoms with Crippen molar-refractivity contribution in [1.82, 2.24) is 4.90 Å². The fourth-order valence-corrected chi connectivity index (χ4v) is 3.30. The molecule has 1 aromatic carbocycles. The first kappa shape index (κ1) is 12.3. The van der Waals surface area contributed by atoms with Crippen molar-refractivity contribution in [3.05, 3.63) is 29.3 Å². The molecule has 0 bridgehead atoms. The number of nitrogens with zero attached hydrogens (tertiary/aromatic N) is 1. The highest BCUT2D eigenvalue weighted by atomic mass is 35.5. The summed E-state index contributed by atoms with van der Waals surface area (Å²) in [6.07, 6.45) is 2.62. The molecule has 2 aliphatic heterocycles. The first-order valence-electron chi connectivity index (χ1n) is 6.79. The molecule has 1 aromatic rings. The van der Waals surface area contributed by atoms with Crippen LogP contribution in [0.25, 0.3) is 0 Å². The van der Waals surface area contributed by atoms with Gasteiger partial charge >= 0.3 is 0 Å². The zero-order chi connectivity index (χ0) is 12.5. The van der Waals surface area contributed by atoms with E-state index in [2.05, 4.69) is 30.0 Å². The maximum Gasteiger partial charge on any atom is 0.123 e. The third-order valence-corrected chi connectivity index (χ3v) is 4.44. The topological polar surface area (TPSA) is 12.5 Å². The van der Waals surface area contributed by atoms with E-state index in [4.69, 9.17) is 16.3 Å². The van der Waals surface area contributed by atoms with Crippen molar-refractivity contribution >= 4 is 11.6 Å². The van der Waals surface area contributed by atoms with Gasteiger partial charge in [0.1, 0.15) is 11.9 Å². The number of alkyl halides is 1. The van der Waals surface area contributed by atoms with Gasteiger partial charge in [0.05, 0.1) is 0 Å². The first-order valence-corrected chi connectivity index (χ1v) is 7.32. The van der Waals surface area contributed by atoms with E-state index < -0.39 is 0 Å². The minimum atomic E-state index is 0.330. The molecule has 2 nitrogen and oxygen atoms in total. The van der Waals surface area contributed by atoms with E-state index in [9.17, 15) is 0 Å². The lowest BCUT2D eigenvalue weighted by Crippen LogP contribution is -2.33. The van der Waals surface area contributed by atoms with Gasteiger partial charge in [-0.15, -0.1) is 11.6 Å². The molecule has 2 heterocycles. The maximum atomic E-state index is 6.02. The van der Waals surface area contributed by atoms with Gasteiger partial charge < -0.3 is 4.74 Å². The monoisotopic (exact) mass is 265 g/mol. The van der Waals surface area contributed by atoms with Crippen molar-refractivity contribution in [2.45, 2.75) is 25.9 Å². The molecule has 0 amide bonds. The van der Waals surface area contributed by atoms with Crippen LogP contribution in [0.15, 0.2) is 18.2 Å². The number of hydrogen-bond donors (Lipinski definition) is 0. The molecule has 98 valence electrons. The number of hydrogen-bond acceptors (Lipinski definition) is 2. The van der Waals surface area contributed by atoms with Crippen LogP contribution in [0.2, 0.25) is 0 Å². The Morgan fingerprint density at radius 1 is 1.44 bits per heavy atom. The lowest BCUT2D eigenvalue weighted by molar-refractivity contribution is 0.166. The van der Waals surface area contributed by atoms with Crippen molar-refractivity contribution in [3.63, 3.8) is 0 Å². The van der Waals surface area contributed by atoms with E-state index in [1.165, 1.54) is 24.1 Å². The molecule has 2 aliphatic rings. The summed E-state index contributed by atoms with van der Waals surface area (Å²) in [4.78, 5) is 2.50. The molecule has 3 rings (SSSR count). The van der Waals surface area contributed by atoms with Gasteiger partial charge in [-0.2, -0.15) is 0 Å². The van der Waals surface area contributed by atoms with Gasteiger partial charge in [0, 0.05) is 25.4 Å². The minimum absolute atomic E-state index is 0.330. The van der Waals surface area contributed by atoms with Crippen molar-refractivity contribution < 1.29 is 4.74 Å². The molecule has 1 fully saturated rings. The summed E-state index contributed by atoms with van der Waals surface area (Å²) >= 11 is 5.92. The fourth-order valence-electron chi connectivity index (χ4n) is 3.04. The number of likely N-dealkylation sites (tertiary alicyclic amines) is 1. The Morgan fingerprint density at radius 2 is 2.33 bits per heavy atom. The minimum Gasteiger partial charge on any atom is -0.488 e. The van der Waals surface area contributed by atoms with Crippen LogP contribution in [0.1, 0.15) is 17.5 Å². The second-order valence-corrected chi connectivity index (χ2v) is 5.93. The molecule has 0 spiro atoms. The third kappa shape index (κ3) is 2.50. The van der Waals surface area contributed by atoms with Gasteiger partial charge in [-0.05, 0) is 37.4 Å². The Kier molecular flexibility index (Phi) is 3.49. The Labute approximate surface area is 114 Å². The number of rotatable bonds is 3. The smallest absolute Gasteiger partial charge is 0.123 e. The quantitative estimate of drug-likeness (QED) is 0.780. The lowest BCUT2D eigenvalue weighted by atomic mass is 10.1. The van der Waals surface area contributed by atoms with E-state index in [0.29, 0.717) is 12.0 Å². The second kappa shape index (κ2) is 5.10. The summed E-state index contributed by atoms with van der Waals surface area (Å²) in [6, 6.07) is 6.48. The molecular formula is C15H20ClNO. The Morgan fingerprint density at radius 3 is 3.11 bits per heavy atom. The largest absolute Gasteiger partial charge is 0.488 e. The molecule has 3 heteroatoms. The summed E-state index contributed by atoms with van der Waals surface area (Å²) in [5.74, 6) is 2.55. The zero-order valence-electron chi connectivity index (χ0n) is 10.9. The molecule has 0 N–H and O–H groups in total. The molecule has 0 radical (unpaired) electrons. The van der Waals surface area contributed by atoms with Crippen LogP contribution in [0.5, 0.6) is 5.75 Å². The van der Waals surface area contributed by atoms with Crippen LogP contribution in [0.3, 0.4) is 0 Å². The molecule has 0 saturated carbocycles. The van der Waals surface area contributed by atoms with Gasteiger partial charge in [-0.1, -0.05) is 17.7 Å². The SMILES string of the molecule is Cc1ccc2c(c1)CC(CN1CCC(CCl)C1)O2. The van der Waals surface area contributed by atoms with Crippen LogP contribution in [-0.4, -0.2) is 36.5 Å². The Hall–Kier alpha value is -0.730. The zero-order valence-corrected chi connectivity index (χ0v) is 11.6. The van der Waals surface area contributed by atoms with E-state index in [1.807, 2.05) is 0 Å². The van der Waals surface area contributed by atoms with Gasteiger partial charge in [0.2, 0.25) is 0 Å². The molecule has 2 unspecified atom stereocenters. The molecule has 0 aliphatic carbocycles. The standard InChI is InChI=1S/C15H20ClNO/c1-11-2-3-15-13(6-11)7-14(18-15)10-17-5-4-12(8-16)9-17/h2-3,6,12,14H,4-5,7-10H2,1H3. The number of halogens is 1. The van der Waals surface area contributed by atoms with E-state index in [-0.39, 0.29) is 0 Å². The summed E-state index contributed by atoms with van der Waals surface area (Å²) < 4.78 is 6.02. The van der Waals surface area contributed by atoms with Gasteiger partial charge in [0.25, 0.3) is 0 Å². The average molecular weight is 266 g/mol. The summed E-state index contributed by atoms with van der Waals surface area (Å²) in [5.41, 5.74) is 2.69. The van der Waals surface area contributed by atoms with Crippen LogP contribution < -0.4 is 4.74 Å². The molecule has 0 aromatic heterocycles. The van der Waals surface area contributed by atoms with E-state index in [0.717, 1.165) is 31.1 Å². The predicted molar refractivity (Wildman–Crippen MR) is 74.6 cm³/mol. The Bertz CT molecular complexity index is 435. The average Bonchev–Trinajstić information content (AvgIpc) is 2.95. The molecular weight excluding hydrogens is 246 g/mol. The molecule has 1 saturated heterocycles. The Balaban J connectivity index is 1.58. The summed E-state index contributed by atoms with van der Waals surface area (Å²) in [5, 5.41) is 0. The number of benzene rings is 1. The van der Waals surface area contributed by atoms with Crippen molar-refractivity contribution in [3.8, 4) is 5.75 Å². The summed E-state index contributed by atoms with van der Waals surface area (Å²) in [6.45, 7) is 5.49. The number of fused-ring (bicyclic) bond motifs is 1. The molecule has 2 atom stereocenters. The van der Waals surface area contributed by atoms with Crippen molar-refractivity contribution in [2.75, 3.05) is 25.5 Å². The number of aryl methyl sites for hydroxylation is 1. The van der Waals surface area contributed by atoms with E-state index in [1.54, 1.807) is 0 Å². The molecule has 18 heavy (non-hydrogen) atoms. The normalized spacial score (nSPS) is 27.2. The highest BCUT2D eigenvalue weighted by Gasteiger charge is 2.28. The predicted octanol–water partition coefficient (Wildman–Crippen LogP) is 2.86. The second-order valence-electron chi connectivity index (χ2n) is 5.62. The van der Waals surface area contributed by atoms with Gasteiger partial charge in [-0.25, -0.2) is 0 Å². The third-order valence-electron chi connectivity index (χ3n) is 4.01. The van der Waals surface area contributed by atoms with Crippen LogP contribution in [0.4, 0.5) is 0 Å². The van der Waals surface area contributed by atoms with Gasteiger partial charge in [0.15, 0.2) is 0 Å². The first-order chi connectivity index (χ1) is 8.74. The van der Waals surface area contributed by atoms with E-state index >= 15 is 0 Å². The highest BCUT2D eigenvalue weighted by Crippen LogP contribution is 2.30. The summed E-state index contributed by atoms with van der Waals surface area (Å²) in [7, 11) is 0. The van der Waals surface area contributed by atoms with Crippen LogP contribution in [-0.2, 0) is 6.42 Å². The van der Waals surface area contributed by atoms with Crippen molar-refractivity contribution in [1.29, 1.82) is 0 Å². The van der Waals surface area contributed by atoms with Gasteiger partial charge in [-0.3, -0.25) is 4.90 Å². The number of ether oxygens (including phenoxy) is 1. The van der Waals surface area contributed by atoms with Crippen LogP contribution in [0, 0.1) is 12.8 Å². The fraction of sp³-hybridized carbons (Fsp3) is 0.600. The highest BCUT2D eigenvalue weighted by molar-refractivity contribution is 6.18. The lowest BCUT2D eigenvalue weighted by Gasteiger charge is -2.20. The van der Waals surface area contributed by atoms with Crippen molar-refractivity contribution in [2.24, 2.45) is 5.92 Å². The maximum absolute atomic E-state index is 6.02.